The van der Waals surface area contributed by atoms with Crippen molar-refractivity contribution in [1.82, 2.24) is 0 Å². The minimum absolute atomic E-state index is 0.115. The molecule has 0 nitrogen and oxygen atoms in total. The first-order valence-corrected chi connectivity index (χ1v) is 5.06. The van der Waals surface area contributed by atoms with E-state index >= 15 is 0 Å². The molecule has 0 spiro atoms. The summed E-state index contributed by atoms with van der Waals surface area (Å²) in [5, 5.41) is 2.99. The number of fused-ring (bicyclic) bond motifs is 1. The average Bonchev–Trinajstić information content (AvgIpc) is 2.35. The predicted octanol–water partition coefficient (Wildman–Crippen LogP) is 3.65. The van der Waals surface area contributed by atoms with E-state index in [1.807, 2.05) is 11.4 Å². The lowest BCUT2D eigenvalue weighted by atomic mass is 10.3. The van der Waals surface area contributed by atoms with Crippen LogP contribution in [0.2, 0.25) is 0 Å². The fourth-order valence-corrected chi connectivity index (χ4v) is 2.84. The lowest BCUT2D eigenvalue weighted by Gasteiger charge is -1.89. The summed E-state index contributed by atoms with van der Waals surface area (Å²) in [5.41, 5.74) is 0. The summed E-state index contributed by atoms with van der Waals surface area (Å²) in [5.74, 6) is -0.115. The standard InChI is InChI=1S/C8H4FIS/c9-6-3-1-2-5-7(10)4-11-8(5)6/h1-4H. The van der Waals surface area contributed by atoms with E-state index in [4.69, 9.17) is 0 Å². The van der Waals surface area contributed by atoms with Crippen molar-refractivity contribution in [3.05, 3.63) is 33.0 Å². The molecule has 0 saturated carbocycles. The Bertz CT molecular complexity index is 394. The van der Waals surface area contributed by atoms with Crippen LogP contribution >= 0.6 is 33.9 Å². The van der Waals surface area contributed by atoms with Crippen molar-refractivity contribution in [2.75, 3.05) is 0 Å². The van der Waals surface area contributed by atoms with Crippen LogP contribution in [0.5, 0.6) is 0 Å². The number of benzene rings is 1. The van der Waals surface area contributed by atoms with Crippen LogP contribution in [-0.4, -0.2) is 0 Å². The van der Waals surface area contributed by atoms with Gasteiger partial charge in [-0.25, -0.2) is 4.39 Å². The van der Waals surface area contributed by atoms with E-state index in [0.29, 0.717) is 0 Å². The molecule has 0 aliphatic rings. The molecule has 0 saturated heterocycles. The van der Waals surface area contributed by atoms with E-state index in [9.17, 15) is 4.39 Å². The fraction of sp³-hybridized carbons (Fsp3) is 0. The van der Waals surface area contributed by atoms with Crippen LogP contribution in [0.3, 0.4) is 0 Å². The van der Waals surface area contributed by atoms with Gasteiger partial charge < -0.3 is 0 Å². The molecule has 0 unspecified atom stereocenters. The molecule has 2 rings (SSSR count). The lowest BCUT2D eigenvalue weighted by Crippen LogP contribution is -1.71. The third kappa shape index (κ3) is 1.16. The smallest absolute Gasteiger partial charge is 0.141 e. The van der Waals surface area contributed by atoms with Crippen molar-refractivity contribution in [3.63, 3.8) is 0 Å². The van der Waals surface area contributed by atoms with Gasteiger partial charge in [-0.15, -0.1) is 11.3 Å². The average molecular weight is 278 g/mol. The van der Waals surface area contributed by atoms with Gasteiger partial charge in [0.25, 0.3) is 0 Å². The van der Waals surface area contributed by atoms with Crippen molar-refractivity contribution in [2.45, 2.75) is 0 Å². The molecule has 0 bridgehead atoms. The number of hydrogen-bond acceptors (Lipinski definition) is 1. The van der Waals surface area contributed by atoms with Gasteiger partial charge in [0.2, 0.25) is 0 Å². The van der Waals surface area contributed by atoms with Gasteiger partial charge in [0, 0.05) is 14.3 Å². The van der Waals surface area contributed by atoms with E-state index in [0.717, 1.165) is 13.7 Å². The molecule has 2 aromatic rings. The first-order chi connectivity index (χ1) is 5.29. The molecule has 0 N–H and O–H groups in total. The van der Waals surface area contributed by atoms with Gasteiger partial charge >= 0.3 is 0 Å². The lowest BCUT2D eigenvalue weighted by molar-refractivity contribution is 0.641. The molecule has 0 fully saturated rings. The Kier molecular flexibility index (Phi) is 1.85. The van der Waals surface area contributed by atoms with Crippen LogP contribution in [-0.2, 0) is 0 Å². The molecule has 0 aliphatic heterocycles. The van der Waals surface area contributed by atoms with Crippen LogP contribution in [0, 0.1) is 9.39 Å². The van der Waals surface area contributed by atoms with Gasteiger partial charge in [-0.1, -0.05) is 12.1 Å². The third-order valence-corrected chi connectivity index (χ3v) is 3.82. The van der Waals surface area contributed by atoms with Crippen LogP contribution in [0.15, 0.2) is 23.6 Å². The Morgan fingerprint density at radius 1 is 1.36 bits per heavy atom. The SMILES string of the molecule is Fc1cccc2c(I)csc12. The van der Waals surface area contributed by atoms with Crippen molar-refractivity contribution < 1.29 is 4.39 Å². The van der Waals surface area contributed by atoms with Crippen LogP contribution < -0.4 is 0 Å². The molecular weight excluding hydrogens is 274 g/mol. The summed E-state index contributed by atoms with van der Waals surface area (Å²) in [6, 6.07) is 5.18. The van der Waals surface area contributed by atoms with Gasteiger partial charge in [0.05, 0.1) is 4.70 Å². The van der Waals surface area contributed by atoms with E-state index in [1.54, 1.807) is 6.07 Å². The molecule has 1 aromatic heterocycles. The summed E-state index contributed by atoms with van der Waals surface area (Å²) < 4.78 is 14.9. The van der Waals surface area contributed by atoms with E-state index in [2.05, 4.69) is 22.6 Å². The number of halogens is 2. The Hall–Kier alpha value is -0.160. The number of thiophene rings is 1. The first kappa shape index (κ1) is 7.49. The van der Waals surface area contributed by atoms with Crippen molar-refractivity contribution >= 4 is 44.0 Å². The Morgan fingerprint density at radius 2 is 2.18 bits per heavy atom. The van der Waals surface area contributed by atoms with E-state index in [-0.39, 0.29) is 5.82 Å². The number of rotatable bonds is 0. The second-order valence-electron chi connectivity index (χ2n) is 2.20. The molecule has 0 aliphatic carbocycles. The van der Waals surface area contributed by atoms with Crippen LogP contribution in [0.25, 0.3) is 10.1 Å². The molecule has 56 valence electrons. The minimum atomic E-state index is -0.115. The van der Waals surface area contributed by atoms with Crippen molar-refractivity contribution in [2.24, 2.45) is 0 Å². The summed E-state index contributed by atoms with van der Waals surface area (Å²) in [6.45, 7) is 0. The maximum absolute atomic E-state index is 13.0. The summed E-state index contributed by atoms with van der Waals surface area (Å²) >= 11 is 3.67. The molecule has 0 amide bonds. The summed E-state index contributed by atoms with van der Waals surface area (Å²) in [6.07, 6.45) is 0. The monoisotopic (exact) mass is 278 g/mol. The molecule has 0 atom stereocenters. The molecule has 1 aromatic carbocycles. The highest BCUT2D eigenvalue weighted by molar-refractivity contribution is 14.1. The van der Waals surface area contributed by atoms with Crippen LogP contribution in [0.4, 0.5) is 4.39 Å². The van der Waals surface area contributed by atoms with Gasteiger partial charge in [-0.2, -0.15) is 0 Å². The van der Waals surface area contributed by atoms with E-state index in [1.165, 1.54) is 17.4 Å². The molecular formula is C8H4FIS. The molecule has 3 heteroatoms. The maximum atomic E-state index is 13.0. The zero-order valence-electron chi connectivity index (χ0n) is 5.47. The first-order valence-electron chi connectivity index (χ1n) is 3.10. The van der Waals surface area contributed by atoms with Gasteiger partial charge in [-0.05, 0) is 28.7 Å². The van der Waals surface area contributed by atoms with Gasteiger partial charge in [0.1, 0.15) is 5.82 Å². The highest BCUT2D eigenvalue weighted by atomic mass is 127. The van der Waals surface area contributed by atoms with Crippen LogP contribution in [0.1, 0.15) is 0 Å². The van der Waals surface area contributed by atoms with Crippen molar-refractivity contribution in [1.29, 1.82) is 0 Å². The number of hydrogen-bond donors (Lipinski definition) is 0. The minimum Gasteiger partial charge on any atom is -0.205 e. The zero-order valence-corrected chi connectivity index (χ0v) is 8.45. The van der Waals surface area contributed by atoms with Gasteiger partial charge in [-0.3, -0.25) is 0 Å². The largest absolute Gasteiger partial charge is 0.205 e. The molecule has 1 heterocycles. The summed E-state index contributed by atoms with van der Waals surface area (Å²) in [7, 11) is 0. The molecule has 11 heavy (non-hydrogen) atoms. The Labute approximate surface area is 81.2 Å². The normalized spacial score (nSPS) is 10.7. The highest BCUT2D eigenvalue weighted by Gasteiger charge is 2.03. The third-order valence-electron chi connectivity index (χ3n) is 1.50. The second kappa shape index (κ2) is 2.71. The van der Waals surface area contributed by atoms with E-state index < -0.39 is 0 Å². The van der Waals surface area contributed by atoms with Crippen molar-refractivity contribution in [3.8, 4) is 0 Å². The molecule has 0 radical (unpaired) electrons. The second-order valence-corrected chi connectivity index (χ2v) is 4.24. The fourth-order valence-electron chi connectivity index (χ4n) is 0.991. The maximum Gasteiger partial charge on any atom is 0.141 e. The summed E-state index contributed by atoms with van der Waals surface area (Å²) in [4.78, 5) is 0. The highest BCUT2D eigenvalue weighted by Crippen LogP contribution is 2.28. The quantitative estimate of drug-likeness (QED) is 0.645. The van der Waals surface area contributed by atoms with Gasteiger partial charge in [0.15, 0.2) is 0 Å². The topological polar surface area (TPSA) is 0 Å². The Balaban J connectivity index is 2.94. The Morgan fingerprint density at radius 3 is 2.91 bits per heavy atom. The zero-order chi connectivity index (χ0) is 7.84. The predicted molar refractivity (Wildman–Crippen MR) is 54.5 cm³/mol.